The molecule has 9 nitrogen and oxygen atoms in total. The molecule has 0 radical (unpaired) electrons. The van der Waals surface area contributed by atoms with Crippen molar-refractivity contribution >= 4 is 29.5 Å². The number of nitro groups is 1. The molecule has 2 atom stereocenters. The zero-order chi connectivity index (χ0) is 26.4. The number of nitrogens with zero attached hydrogens (tertiary/aromatic N) is 3. The molecule has 0 bridgehead atoms. The van der Waals surface area contributed by atoms with Crippen LogP contribution in [0.1, 0.15) is 42.3 Å². The number of hydrogen-bond donors (Lipinski definition) is 1. The molecule has 0 spiro atoms. The molecule has 3 amide bonds. The fourth-order valence-electron chi connectivity index (χ4n) is 4.11. The standard InChI is InChI=1S/C27H32N4O5/c1-18(2)25(28-24(32)14-9-21-7-12-23(13-8-21)31(35)36)27(34)29-15-16-30(20(4)17-29)26(33)22-10-5-19(3)6-11-22/h5-14,18,20,25H,15-17H2,1-4H3,(H,28,32)/b14-9+. The van der Waals surface area contributed by atoms with Crippen molar-refractivity contribution in [1.82, 2.24) is 15.1 Å². The van der Waals surface area contributed by atoms with E-state index in [1.807, 2.05) is 52.0 Å². The lowest BCUT2D eigenvalue weighted by Crippen LogP contribution is -2.59. The van der Waals surface area contributed by atoms with Gasteiger partial charge in [-0.3, -0.25) is 24.5 Å². The van der Waals surface area contributed by atoms with Crippen LogP contribution in [0, 0.1) is 23.0 Å². The highest BCUT2D eigenvalue weighted by Gasteiger charge is 2.34. The average molecular weight is 493 g/mol. The van der Waals surface area contributed by atoms with Crippen LogP contribution in [0.3, 0.4) is 0 Å². The normalized spacial score (nSPS) is 16.8. The van der Waals surface area contributed by atoms with Gasteiger partial charge in [-0.15, -0.1) is 0 Å². The molecule has 2 aromatic rings. The first-order valence-corrected chi connectivity index (χ1v) is 12.0. The van der Waals surface area contributed by atoms with Crippen LogP contribution < -0.4 is 5.32 Å². The number of aryl methyl sites for hydroxylation is 1. The Balaban J connectivity index is 1.60. The zero-order valence-corrected chi connectivity index (χ0v) is 21.0. The van der Waals surface area contributed by atoms with Crippen molar-refractivity contribution in [1.29, 1.82) is 0 Å². The van der Waals surface area contributed by atoms with Gasteiger partial charge < -0.3 is 15.1 Å². The Bertz CT molecular complexity index is 1140. The molecule has 0 aliphatic carbocycles. The van der Waals surface area contributed by atoms with Crippen molar-refractivity contribution in [3.63, 3.8) is 0 Å². The molecule has 2 unspecified atom stereocenters. The first kappa shape index (κ1) is 26.6. The maximum Gasteiger partial charge on any atom is 0.269 e. The summed E-state index contributed by atoms with van der Waals surface area (Å²) >= 11 is 0. The van der Waals surface area contributed by atoms with E-state index in [-0.39, 0.29) is 29.5 Å². The summed E-state index contributed by atoms with van der Waals surface area (Å²) in [5.41, 5.74) is 2.31. The quantitative estimate of drug-likeness (QED) is 0.361. The second-order valence-corrected chi connectivity index (χ2v) is 9.41. The van der Waals surface area contributed by atoms with Crippen LogP contribution in [0.15, 0.2) is 54.6 Å². The van der Waals surface area contributed by atoms with Crippen LogP contribution in [0.5, 0.6) is 0 Å². The third kappa shape index (κ3) is 6.56. The van der Waals surface area contributed by atoms with Gasteiger partial charge in [0, 0.05) is 49.4 Å². The number of rotatable bonds is 7. The van der Waals surface area contributed by atoms with Crippen molar-refractivity contribution in [2.75, 3.05) is 19.6 Å². The van der Waals surface area contributed by atoms with Gasteiger partial charge in [0.05, 0.1) is 4.92 Å². The molecule has 3 rings (SSSR count). The predicted octanol–water partition coefficient (Wildman–Crippen LogP) is 3.43. The molecule has 1 fully saturated rings. The molecule has 0 aromatic heterocycles. The summed E-state index contributed by atoms with van der Waals surface area (Å²) in [6.45, 7) is 8.80. The van der Waals surface area contributed by atoms with Crippen molar-refractivity contribution in [2.45, 2.75) is 39.8 Å². The van der Waals surface area contributed by atoms with Gasteiger partial charge in [0.15, 0.2) is 0 Å². The molecule has 1 N–H and O–H groups in total. The molecule has 36 heavy (non-hydrogen) atoms. The molecule has 9 heteroatoms. The molecule has 1 heterocycles. The third-order valence-corrected chi connectivity index (χ3v) is 6.26. The Morgan fingerprint density at radius 1 is 1.06 bits per heavy atom. The van der Waals surface area contributed by atoms with E-state index in [1.54, 1.807) is 28.0 Å². The summed E-state index contributed by atoms with van der Waals surface area (Å²) in [5, 5.41) is 13.6. The highest BCUT2D eigenvalue weighted by atomic mass is 16.6. The van der Waals surface area contributed by atoms with E-state index in [2.05, 4.69) is 5.32 Å². The van der Waals surface area contributed by atoms with Gasteiger partial charge in [-0.05, 0) is 55.7 Å². The molecule has 190 valence electrons. The minimum Gasteiger partial charge on any atom is -0.340 e. The van der Waals surface area contributed by atoms with E-state index >= 15 is 0 Å². The molecule has 1 saturated heterocycles. The fraction of sp³-hybridized carbons (Fsp3) is 0.370. The first-order valence-electron chi connectivity index (χ1n) is 12.0. The maximum atomic E-state index is 13.3. The summed E-state index contributed by atoms with van der Waals surface area (Å²) in [4.78, 5) is 52.6. The smallest absolute Gasteiger partial charge is 0.269 e. The minimum absolute atomic E-state index is 0.0306. The van der Waals surface area contributed by atoms with E-state index in [9.17, 15) is 24.5 Å². The Morgan fingerprint density at radius 2 is 1.69 bits per heavy atom. The second kappa shape index (κ2) is 11.6. The summed E-state index contributed by atoms with van der Waals surface area (Å²) in [6, 6.07) is 12.4. The van der Waals surface area contributed by atoms with Crippen LogP contribution in [-0.2, 0) is 9.59 Å². The number of hydrogen-bond acceptors (Lipinski definition) is 5. The van der Waals surface area contributed by atoms with Crippen molar-refractivity contribution in [3.05, 3.63) is 81.4 Å². The van der Waals surface area contributed by atoms with Crippen LogP contribution in [0.25, 0.3) is 6.08 Å². The summed E-state index contributed by atoms with van der Waals surface area (Å²) in [7, 11) is 0. The number of benzene rings is 2. The minimum atomic E-state index is -0.717. The van der Waals surface area contributed by atoms with Crippen molar-refractivity contribution < 1.29 is 19.3 Å². The lowest BCUT2D eigenvalue weighted by Gasteiger charge is -2.41. The lowest BCUT2D eigenvalue weighted by atomic mass is 10.0. The van der Waals surface area contributed by atoms with E-state index in [0.717, 1.165) is 5.56 Å². The van der Waals surface area contributed by atoms with E-state index < -0.39 is 16.9 Å². The van der Waals surface area contributed by atoms with Gasteiger partial charge in [0.2, 0.25) is 11.8 Å². The summed E-state index contributed by atoms with van der Waals surface area (Å²) < 4.78 is 0. The van der Waals surface area contributed by atoms with Crippen molar-refractivity contribution in [3.8, 4) is 0 Å². The highest BCUT2D eigenvalue weighted by Crippen LogP contribution is 2.17. The molecule has 1 aliphatic rings. The number of non-ortho nitro benzene ring substituents is 1. The van der Waals surface area contributed by atoms with Gasteiger partial charge in [-0.2, -0.15) is 0 Å². The van der Waals surface area contributed by atoms with Gasteiger partial charge in [-0.25, -0.2) is 0 Å². The number of carbonyl (C=O) groups excluding carboxylic acids is 3. The molecule has 1 aliphatic heterocycles. The highest BCUT2D eigenvalue weighted by molar-refractivity contribution is 5.96. The van der Waals surface area contributed by atoms with Crippen LogP contribution in [0.4, 0.5) is 5.69 Å². The molecule has 0 saturated carbocycles. The Kier molecular flexibility index (Phi) is 8.58. The monoisotopic (exact) mass is 492 g/mol. The van der Waals surface area contributed by atoms with Crippen LogP contribution >= 0.6 is 0 Å². The number of carbonyl (C=O) groups is 3. The van der Waals surface area contributed by atoms with E-state index in [0.29, 0.717) is 30.8 Å². The summed E-state index contributed by atoms with van der Waals surface area (Å²) in [6.07, 6.45) is 2.85. The van der Waals surface area contributed by atoms with Crippen LogP contribution in [-0.4, -0.2) is 64.2 Å². The lowest BCUT2D eigenvalue weighted by molar-refractivity contribution is -0.384. The topological polar surface area (TPSA) is 113 Å². The van der Waals surface area contributed by atoms with Gasteiger partial charge in [0.1, 0.15) is 6.04 Å². The average Bonchev–Trinajstić information content (AvgIpc) is 2.85. The largest absolute Gasteiger partial charge is 0.340 e. The SMILES string of the molecule is Cc1ccc(C(=O)N2CCN(C(=O)C(NC(=O)/C=C/c3ccc([N+](=O)[O-])cc3)C(C)C)CC2C)cc1. The maximum absolute atomic E-state index is 13.3. The van der Waals surface area contributed by atoms with E-state index in [4.69, 9.17) is 0 Å². The van der Waals surface area contributed by atoms with Gasteiger partial charge in [-0.1, -0.05) is 31.5 Å². The van der Waals surface area contributed by atoms with Crippen molar-refractivity contribution in [2.24, 2.45) is 5.92 Å². The van der Waals surface area contributed by atoms with Gasteiger partial charge in [0.25, 0.3) is 11.6 Å². The third-order valence-electron chi connectivity index (χ3n) is 6.26. The van der Waals surface area contributed by atoms with Gasteiger partial charge >= 0.3 is 0 Å². The number of amides is 3. The second-order valence-electron chi connectivity index (χ2n) is 9.41. The van der Waals surface area contributed by atoms with Crippen LogP contribution in [0.2, 0.25) is 0 Å². The predicted molar refractivity (Wildman–Crippen MR) is 137 cm³/mol. The Morgan fingerprint density at radius 3 is 2.25 bits per heavy atom. The summed E-state index contributed by atoms with van der Waals surface area (Å²) in [5.74, 6) is -0.811. The molecular weight excluding hydrogens is 460 g/mol. The fourth-order valence-corrected chi connectivity index (χ4v) is 4.11. The Hall–Kier alpha value is -4.01. The Labute approximate surface area is 210 Å². The molecule has 2 aromatic carbocycles. The zero-order valence-electron chi connectivity index (χ0n) is 21.0. The van der Waals surface area contributed by atoms with E-state index in [1.165, 1.54) is 18.2 Å². The number of nitrogens with one attached hydrogen (secondary N) is 1. The number of piperazine rings is 1. The number of nitro benzene ring substituents is 1. The molecular formula is C27H32N4O5. The first-order chi connectivity index (χ1) is 17.1.